The van der Waals surface area contributed by atoms with Crippen LogP contribution in [-0.4, -0.2) is 33.4 Å². The molecule has 0 spiro atoms. The van der Waals surface area contributed by atoms with E-state index in [9.17, 15) is 0 Å². The van der Waals surface area contributed by atoms with E-state index in [1.165, 1.54) is 36.3 Å². The van der Waals surface area contributed by atoms with E-state index in [1.54, 1.807) is 0 Å². The zero-order chi connectivity index (χ0) is 13.4. The maximum atomic E-state index is 4.69. The lowest BCUT2D eigenvalue weighted by atomic mass is 9.96. The molecule has 0 aliphatic carbocycles. The van der Waals surface area contributed by atoms with Crippen LogP contribution in [0.4, 0.5) is 0 Å². The Labute approximate surface area is 115 Å². The Hall–Kier alpha value is -1.35. The monoisotopic (exact) mass is 257 g/mol. The average Bonchev–Trinajstić information content (AvgIpc) is 2.81. The second kappa shape index (κ2) is 4.97. The molecule has 1 aliphatic rings. The molecule has 0 amide bonds. The van der Waals surface area contributed by atoms with E-state index in [0.29, 0.717) is 12.0 Å². The molecule has 0 saturated carbocycles. The summed E-state index contributed by atoms with van der Waals surface area (Å²) >= 11 is 0. The van der Waals surface area contributed by atoms with Gasteiger partial charge in [-0.1, -0.05) is 6.07 Å². The van der Waals surface area contributed by atoms with Gasteiger partial charge in [-0.25, -0.2) is 4.98 Å². The fourth-order valence-electron chi connectivity index (χ4n) is 3.10. The van der Waals surface area contributed by atoms with Crippen molar-refractivity contribution in [3.8, 4) is 0 Å². The number of pyridine rings is 1. The lowest BCUT2D eigenvalue weighted by molar-refractivity contribution is 0.164. The molecular weight excluding hydrogens is 234 g/mol. The maximum Gasteiger partial charge on any atom is 0.117 e. The average molecular weight is 257 g/mol. The first kappa shape index (κ1) is 12.7. The summed E-state index contributed by atoms with van der Waals surface area (Å²) in [6.45, 7) is 9.10. The summed E-state index contributed by atoms with van der Waals surface area (Å²) in [6, 6.07) is 4.95. The van der Waals surface area contributed by atoms with Gasteiger partial charge in [-0.3, -0.25) is 0 Å². The minimum Gasteiger partial charge on any atom is -0.303 e. The molecule has 0 radical (unpaired) electrons. The molecule has 102 valence electrons. The van der Waals surface area contributed by atoms with Crippen molar-refractivity contribution in [3.05, 3.63) is 35.9 Å². The second-order valence-corrected chi connectivity index (χ2v) is 6.05. The third-order valence-electron chi connectivity index (χ3n) is 4.25. The van der Waals surface area contributed by atoms with E-state index >= 15 is 0 Å². The first-order chi connectivity index (χ1) is 9.15. The molecule has 3 heterocycles. The molecule has 1 unspecified atom stereocenters. The van der Waals surface area contributed by atoms with Crippen LogP contribution in [0.2, 0.25) is 0 Å². The molecular formula is C16H23N3. The van der Waals surface area contributed by atoms with Gasteiger partial charge in [0, 0.05) is 24.7 Å². The van der Waals surface area contributed by atoms with E-state index < -0.39 is 0 Å². The van der Waals surface area contributed by atoms with Gasteiger partial charge in [0.1, 0.15) is 5.82 Å². The van der Waals surface area contributed by atoms with Gasteiger partial charge in [0.25, 0.3) is 0 Å². The smallest absolute Gasteiger partial charge is 0.117 e. The topological polar surface area (TPSA) is 20.5 Å². The molecule has 1 atom stereocenters. The summed E-state index contributed by atoms with van der Waals surface area (Å²) < 4.78 is 2.28. The van der Waals surface area contributed by atoms with E-state index in [0.717, 1.165) is 6.54 Å². The van der Waals surface area contributed by atoms with Crippen LogP contribution in [0.5, 0.6) is 0 Å². The van der Waals surface area contributed by atoms with Crippen molar-refractivity contribution in [1.29, 1.82) is 0 Å². The molecule has 3 rings (SSSR count). The Kier molecular flexibility index (Phi) is 3.31. The van der Waals surface area contributed by atoms with E-state index in [1.807, 2.05) is 6.20 Å². The summed E-state index contributed by atoms with van der Waals surface area (Å²) in [4.78, 5) is 7.26. The van der Waals surface area contributed by atoms with Crippen LogP contribution in [0.25, 0.3) is 5.52 Å². The summed E-state index contributed by atoms with van der Waals surface area (Å²) in [6.07, 6.45) is 6.76. The van der Waals surface area contributed by atoms with Gasteiger partial charge >= 0.3 is 0 Å². The van der Waals surface area contributed by atoms with E-state index in [4.69, 9.17) is 4.98 Å². The fourth-order valence-corrected chi connectivity index (χ4v) is 3.10. The summed E-state index contributed by atoms with van der Waals surface area (Å²) in [5.74, 6) is 1.81. The van der Waals surface area contributed by atoms with Crippen LogP contribution in [-0.2, 0) is 0 Å². The molecule has 3 heteroatoms. The summed E-state index contributed by atoms with van der Waals surface area (Å²) in [5, 5.41) is 0. The molecule has 0 aromatic carbocycles. The Bertz CT molecular complexity index is 570. The number of hydrogen-bond donors (Lipinski definition) is 0. The quantitative estimate of drug-likeness (QED) is 0.823. The van der Waals surface area contributed by atoms with Gasteiger partial charge in [-0.2, -0.15) is 0 Å². The third kappa shape index (κ3) is 2.39. The standard InChI is InChI=1S/C16H23N3/c1-12(2)18-8-4-5-14(11-18)16-17-9-15-7-6-13(3)10-19(15)16/h6-7,9-10,12,14H,4-5,8,11H2,1-3H3. The number of piperidine rings is 1. The van der Waals surface area contributed by atoms with Crippen LogP contribution in [0, 0.1) is 6.92 Å². The minimum absolute atomic E-state index is 0.570. The van der Waals surface area contributed by atoms with Gasteiger partial charge in [0.05, 0.1) is 11.7 Å². The van der Waals surface area contributed by atoms with Crippen LogP contribution < -0.4 is 0 Å². The number of imidazole rings is 1. The van der Waals surface area contributed by atoms with E-state index in [2.05, 4.69) is 48.4 Å². The summed E-state index contributed by atoms with van der Waals surface area (Å²) in [5.41, 5.74) is 2.51. The number of likely N-dealkylation sites (tertiary alicyclic amines) is 1. The number of hydrogen-bond acceptors (Lipinski definition) is 2. The van der Waals surface area contributed by atoms with Gasteiger partial charge in [-0.15, -0.1) is 0 Å². The van der Waals surface area contributed by atoms with Crippen molar-refractivity contribution in [1.82, 2.24) is 14.3 Å². The molecule has 1 aliphatic heterocycles. The molecule has 3 nitrogen and oxygen atoms in total. The largest absolute Gasteiger partial charge is 0.303 e. The van der Waals surface area contributed by atoms with Crippen molar-refractivity contribution in [2.75, 3.05) is 13.1 Å². The Morgan fingerprint density at radius 1 is 1.32 bits per heavy atom. The lowest BCUT2D eigenvalue weighted by Gasteiger charge is -2.34. The zero-order valence-electron chi connectivity index (χ0n) is 12.1. The highest BCUT2D eigenvalue weighted by atomic mass is 15.2. The van der Waals surface area contributed by atoms with Crippen molar-refractivity contribution in [2.45, 2.75) is 45.6 Å². The molecule has 1 fully saturated rings. The molecule has 1 saturated heterocycles. The number of rotatable bonds is 2. The number of aromatic nitrogens is 2. The van der Waals surface area contributed by atoms with Crippen LogP contribution >= 0.6 is 0 Å². The highest BCUT2D eigenvalue weighted by molar-refractivity contribution is 5.47. The fraction of sp³-hybridized carbons (Fsp3) is 0.562. The Morgan fingerprint density at radius 3 is 2.95 bits per heavy atom. The number of fused-ring (bicyclic) bond motifs is 1. The second-order valence-electron chi connectivity index (χ2n) is 6.05. The Balaban J connectivity index is 1.93. The first-order valence-electron chi connectivity index (χ1n) is 7.33. The normalized spacial score (nSPS) is 21.4. The molecule has 19 heavy (non-hydrogen) atoms. The lowest BCUT2D eigenvalue weighted by Crippen LogP contribution is -2.39. The van der Waals surface area contributed by atoms with Gasteiger partial charge in [-0.05, 0) is 51.8 Å². The molecule has 2 aromatic rings. The van der Waals surface area contributed by atoms with Gasteiger partial charge in [0.15, 0.2) is 0 Å². The number of nitrogens with zero attached hydrogens (tertiary/aromatic N) is 3. The SMILES string of the molecule is Cc1ccc2cnc(C3CCCN(C(C)C)C3)n2c1. The van der Waals surface area contributed by atoms with Crippen LogP contribution in [0.1, 0.15) is 44.0 Å². The molecule has 2 aromatic heterocycles. The van der Waals surface area contributed by atoms with Crippen molar-refractivity contribution >= 4 is 5.52 Å². The summed E-state index contributed by atoms with van der Waals surface area (Å²) in [7, 11) is 0. The van der Waals surface area contributed by atoms with Crippen molar-refractivity contribution < 1.29 is 0 Å². The van der Waals surface area contributed by atoms with Crippen molar-refractivity contribution in [3.63, 3.8) is 0 Å². The molecule has 0 bridgehead atoms. The minimum atomic E-state index is 0.570. The predicted molar refractivity (Wildman–Crippen MR) is 78.6 cm³/mol. The van der Waals surface area contributed by atoms with Gasteiger partial charge < -0.3 is 9.30 Å². The van der Waals surface area contributed by atoms with Crippen LogP contribution in [0.15, 0.2) is 24.5 Å². The predicted octanol–water partition coefficient (Wildman–Crippen LogP) is 3.23. The maximum absolute atomic E-state index is 4.69. The van der Waals surface area contributed by atoms with Gasteiger partial charge in [0.2, 0.25) is 0 Å². The van der Waals surface area contributed by atoms with E-state index in [-0.39, 0.29) is 0 Å². The number of aryl methyl sites for hydroxylation is 1. The third-order valence-corrected chi connectivity index (χ3v) is 4.25. The first-order valence-corrected chi connectivity index (χ1v) is 7.33. The highest BCUT2D eigenvalue weighted by Gasteiger charge is 2.25. The van der Waals surface area contributed by atoms with Crippen LogP contribution in [0.3, 0.4) is 0 Å². The highest BCUT2D eigenvalue weighted by Crippen LogP contribution is 2.27. The Morgan fingerprint density at radius 2 is 2.16 bits per heavy atom. The molecule has 0 N–H and O–H groups in total. The zero-order valence-corrected chi connectivity index (χ0v) is 12.1. The van der Waals surface area contributed by atoms with Crippen molar-refractivity contribution in [2.24, 2.45) is 0 Å².